The van der Waals surface area contributed by atoms with E-state index in [0.29, 0.717) is 41.3 Å². The van der Waals surface area contributed by atoms with Gasteiger partial charge < -0.3 is 14.8 Å². The number of methoxy groups -OCH3 is 2. The number of aryl methyl sites for hydroxylation is 2. The summed E-state index contributed by atoms with van der Waals surface area (Å²) in [6.07, 6.45) is 1.29. The largest absolute Gasteiger partial charge is 0.496 e. The third-order valence-corrected chi connectivity index (χ3v) is 7.69. The van der Waals surface area contributed by atoms with Crippen LogP contribution in [0.2, 0.25) is 0 Å². The third-order valence-electron chi connectivity index (χ3n) is 5.69. The molecule has 31 heavy (non-hydrogen) atoms. The standard InChI is InChI=1S/C23H30N2O5S/c1-16-10-11-17(2)22(13-16)31(27,28)25-12-6-7-18(15-25)23(26)24-14-19-20(29-3)8-5-9-21(19)30-4/h5,8-11,13,18H,6-7,12,14-15H2,1-4H3,(H,24,26)/t18-/m0/s1. The van der Waals surface area contributed by atoms with Gasteiger partial charge in [0.15, 0.2) is 0 Å². The fraction of sp³-hybridized carbons (Fsp3) is 0.435. The molecule has 8 heteroatoms. The van der Waals surface area contributed by atoms with Crippen molar-refractivity contribution in [3.05, 3.63) is 53.1 Å². The van der Waals surface area contributed by atoms with Crippen LogP contribution in [0.5, 0.6) is 11.5 Å². The van der Waals surface area contributed by atoms with Crippen molar-refractivity contribution < 1.29 is 22.7 Å². The SMILES string of the molecule is COc1cccc(OC)c1CNC(=O)[C@H]1CCCN(S(=O)(=O)c2cc(C)ccc2C)C1. The lowest BCUT2D eigenvalue weighted by molar-refractivity contribution is -0.126. The molecule has 0 bridgehead atoms. The average molecular weight is 447 g/mol. The van der Waals surface area contributed by atoms with E-state index in [9.17, 15) is 13.2 Å². The van der Waals surface area contributed by atoms with Gasteiger partial charge in [-0.05, 0) is 56.0 Å². The third kappa shape index (κ3) is 5.02. The topological polar surface area (TPSA) is 84.9 Å². The summed E-state index contributed by atoms with van der Waals surface area (Å²) in [5, 5.41) is 2.93. The Labute approximate surface area is 184 Å². The lowest BCUT2D eigenvalue weighted by Gasteiger charge is -2.31. The van der Waals surface area contributed by atoms with Crippen LogP contribution in [0, 0.1) is 19.8 Å². The van der Waals surface area contributed by atoms with E-state index in [4.69, 9.17) is 9.47 Å². The van der Waals surface area contributed by atoms with Crippen LogP contribution in [-0.2, 0) is 21.4 Å². The first-order valence-corrected chi connectivity index (χ1v) is 11.8. The lowest BCUT2D eigenvalue weighted by atomic mass is 9.98. The summed E-state index contributed by atoms with van der Waals surface area (Å²) in [7, 11) is -0.523. The van der Waals surface area contributed by atoms with Gasteiger partial charge in [-0.3, -0.25) is 4.79 Å². The van der Waals surface area contributed by atoms with Gasteiger partial charge in [-0.25, -0.2) is 8.42 Å². The number of ether oxygens (including phenoxy) is 2. The quantitative estimate of drug-likeness (QED) is 0.707. The monoisotopic (exact) mass is 446 g/mol. The first kappa shape index (κ1) is 23.1. The minimum Gasteiger partial charge on any atom is -0.496 e. The molecule has 1 N–H and O–H groups in total. The minimum absolute atomic E-state index is 0.171. The zero-order valence-corrected chi connectivity index (χ0v) is 19.3. The maximum Gasteiger partial charge on any atom is 0.243 e. The predicted molar refractivity (Wildman–Crippen MR) is 119 cm³/mol. The van der Waals surface area contributed by atoms with Gasteiger partial charge in [-0.1, -0.05) is 18.2 Å². The molecular formula is C23H30N2O5S. The van der Waals surface area contributed by atoms with Crippen molar-refractivity contribution in [2.75, 3.05) is 27.3 Å². The number of rotatable bonds is 7. The number of carbonyl (C=O) groups is 1. The van der Waals surface area contributed by atoms with Crippen molar-refractivity contribution in [2.45, 2.75) is 38.1 Å². The second kappa shape index (κ2) is 9.70. The van der Waals surface area contributed by atoms with Crippen LogP contribution in [-0.4, -0.2) is 45.9 Å². The molecule has 0 saturated carbocycles. The van der Waals surface area contributed by atoms with E-state index in [1.165, 1.54) is 4.31 Å². The summed E-state index contributed by atoms with van der Waals surface area (Å²) in [6, 6.07) is 10.8. The molecule has 1 saturated heterocycles. The summed E-state index contributed by atoms with van der Waals surface area (Å²) in [5.41, 5.74) is 2.35. The van der Waals surface area contributed by atoms with Gasteiger partial charge in [0.1, 0.15) is 11.5 Å². The molecule has 2 aromatic carbocycles. The zero-order chi connectivity index (χ0) is 22.6. The first-order valence-electron chi connectivity index (χ1n) is 10.3. The number of hydrogen-bond acceptors (Lipinski definition) is 5. The molecule has 0 spiro atoms. The number of hydrogen-bond donors (Lipinski definition) is 1. The molecule has 2 aromatic rings. The summed E-state index contributed by atoms with van der Waals surface area (Å²) in [5.74, 6) is 0.674. The van der Waals surface area contributed by atoms with Gasteiger partial charge in [0, 0.05) is 13.1 Å². The normalized spacial score (nSPS) is 17.2. The van der Waals surface area contributed by atoms with Gasteiger partial charge in [0.2, 0.25) is 15.9 Å². The maximum atomic E-state index is 13.2. The van der Waals surface area contributed by atoms with Crippen LogP contribution in [0.3, 0.4) is 0 Å². The van der Waals surface area contributed by atoms with Gasteiger partial charge >= 0.3 is 0 Å². The summed E-state index contributed by atoms with van der Waals surface area (Å²) in [6.45, 7) is 4.49. The number of carbonyl (C=O) groups excluding carboxylic acids is 1. The van der Waals surface area contributed by atoms with Gasteiger partial charge in [-0.2, -0.15) is 4.31 Å². The molecule has 1 aliphatic heterocycles. The number of sulfonamides is 1. The zero-order valence-electron chi connectivity index (χ0n) is 18.5. The van der Waals surface area contributed by atoms with E-state index in [0.717, 1.165) is 11.1 Å². The van der Waals surface area contributed by atoms with Crippen molar-refractivity contribution in [3.63, 3.8) is 0 Å². The molecule has 1 amide bonds. The first-order chi connectivity index (χ1) is 14.8. The van der Waals surface area contributed by atoms with Gasteiger partial charge in [0.05, 0.1) is 37.1 Å². The summed E-state index contributed by atoms with van der Waals surface area (Å²) >= 11 is 0. The second-order valence-electron chi connectivity index (χ2n) is 7.83. The number of benzene rings is 2. The Morgan fingerprint density at radius 2 is 1.81 bits per heavy atom. The van der Waals surface area contributed by atoms with Crippen molar-refractivity contribution >= 4 is 15.9 Å². The van der Waals surface area contributed by atoms with Gasteiger partial charge in [-0.15, -0.1) is 0 Å². The highest BCUT2D eigenvalue weighted by Crippen LogP contribution is 2.29. The highest BCUT2D eigenvalue weighted by atomic mass is 32.2. The van der Waals surface area contributed by atoms with Crippen molar-refractivity contribution in [1.29, 1.82) is 0 Å². The van der Waals surface area contributed by atoms with E-state index < -0.39 is 15.9 Å². The Hall–Kier alpha value is -2.58. The maximum absolute atomic E-state index is 13.2. The molecule has 168 valence electrons. The Bertz CT molecular complexity index is 1030. The molecule has 7 nitrogen and oxygen atoms in total. The van der Waals surface area contributed by atoms with Crippen LogP contribution in [0.15, 0.2) is 41.3 Å². The summed E-state index contributed by atoms with van der Waals surface area (Å²) < 4.78 is 38.7. The number of nitrogens with zero attached hydrogens (tertiary/aromatic N) is 1. The molecule has 1 aliphatic rings. The van der Waals surface area contributed by atoms with E-state index in [1.807, 2.05) is 37.3 Å². The molecule has 1 fully saturated rings. The van der Waals surface area contributed by atoms with Crippen LogP contribution >= 0.6 is 0 Å². The van der Waals surface area contributed by atoms with E-state index in [2.05, 4.69) is 5.32 Å². The summed E-state index contributed by atoms with van der Waals surface area (Å²) in [4.78, 5) is 13.2. The smallest absolute Gasteiger partial charge is 0.243 e. The fourth-order valence-corrected chi connectivity index (χ4v) is 5.75. The number of amides is 1. The molecular weight excluding hydrogens is 416 g/mol. The molecule has 0 unspecified atom stereocenters. The molecule has 0 aliphatic carbocycles. The second-order valence-corrected chi connectivity index (χ2v) is 9.74. The van der Waals surface area contributed by atoms with Gasteiger partial charge in [0.25, 0.3) is 0 Å². The van der Waals surface area contributed by atoms with E-state index in [-0.39, 0.29) is 19.0 Å². The van der Waals surface area contributed by atoms with Crippen LogP contribution in [0.1, 0.15) is 29.5 Å². The highest BCUT2D eigenvalue weighted by Gasteiger charge is 2.34. The fourth-order valence-electron chi connectivity index (χ4n) is 3.92. The number of piperidine rings is 1. The van der Waals surface area contributed by atoms with Crippen LogP contribution in [0.25, 0.3) is 0 Å². The Morgan fingerprint density at radius 3 is 2.45 bits per heavy atom. The Kier molecular flexibility index (Phi) is 7.23. The Morgan fingerprint density at radius 1 is 1.13 bits per heavy atom. The molecule has 0 aromatic heterocycles. The number of nitrogens with one attached hydrogen (secondary N) is 1. The molecule has 3 rings (SSSR count). The molecule has 1 atom stereocenters. The minimum atomic E-state index is -3.66. The highest BCUT2D eigenvalue weighted by molar-refractivity contribution is 7.89. The lowest BCUT2D eigenvalue weighted by Crippen LogP contribution is -2.45. The van der Waals surface area contributed by atoms with Crippen molar-refractivity contribution in [1.82, 2.24) is 9.62 Å². The van der Waals surface area contributed by atoms with E-state index in [1.54, 1.807) is 27.2 Å². The molecule has 0 radical (unpaired) electrons. The van der Waals surface area contributed by atoms with Crippen LogP contribution < -0.4 is 14.8 Å². The van der Waals surface area contributed by atoms with Crippen molar-refractivity contribution in [3.8, 4) is 11.5 Å². The van der Waals surface area contributed by atoms with Crippen LogP contribution in [0.4, 0.5) is 0 Å². The molecule has 1 heterocycles. The van der Waals surface area contributed by atoms with E-state index >= 15 is 0 Å². The van der Waals surface area contributed by atoms with Crippen molar-refractivity contribution in [2.24, 2.45) is 5.92 Å². The predicted octanol–water partition coefficient (Wildman–Crippen LogP) is 3.04. The average Bonchev–Trinajstić information content (AvgIpc) is 2.78. The Balaban J connectivity index is 1.72.